The minimum Gasteiger partial charge on any atom is -0.504 e. The van der Waals surface area contributed by atoms with Crippen molar-refractivity contribution in [2.75, 3.05) is 5.32 Å². The van der Waals surface area contributed by atoms with Crippen molar-refractivity contribution in [3.05, 3.63) is 89.2 Å². The number of phenolic OH excluding ortho intramolecular Hbond substituents is 2. The number of rotatable bonds is 4. The highest BCUT2D eigenvalue weighted by molar-refractivity contribution is 6.15. The predicted molar refractivity (Wildman–Crippen MR) is 126 cm³/mol. The molecule has 2 fully saturated rings. The molecule has 0 saturated carbocycles. The minimum absolute atomic E-state index is 0.0307. The first kappa shape index (κ1) is 22.2. The van der Waals surface area contributed by atoms with E-state index in [4.69, 9.17) is 0 Å². The molecule has 1 spiro atoms. The second-order valence-corrected chi connectivity index (χ2v) is 9.48. The number of para-hydroxylation sites is 1. The van der Waals surface area contributed by atoms with Gasteiger partial charge in [-0.15, -0.1) is 0 Å². The van der Waals surface area contributed by atoms with E-state index in [0.29, 0.717) is 22.4 Å². The average molecular weight is 487 g/mol. The van der Waals surface area contributed by atoms with Crippen LogP contribution in [-0.2, 0) is 32.9 Å². The van der Waals surface area contributed by atoms with Gasteiger partial charge in [0.25, 0.3) is 0 Å². The number of halogens is 1. The number of nitrogens with one attached hydrogen (secondary N) is 2. The van der Waals surface area contributed by atoms with Crippen molar-refractivity contribution < 1.29 is 29.0 Å². The van der Waals surface area contributed by atoms with Gasteiger partial charge in [-0.1, -0.05) is 36.4 Å². The summed E-state index contributed by atoms with van der Waals surface area (Å²) < 4.78 is 13.4. The normalized spacial score (nSPS) is 26.4. The molecule has 36 heavy (non-hydrogen) atoms. The van der Waals surface area contributed by atoms with Crippen molar-refractivity contribution in [1.82, 2.24) is 10.2 Å². The molecule has 8 nitrogen and oxygen atoms in total. The number of imide groups is 1. The molecule has 3 aliphatic heterocycles. The van der Waals surface area contributed by atoms with Crippen molar-refractivity contribution in [3.8, 4) is 11.5 Å². The molecule has 9 heteroatoms. The first-order valence-corrected chi connectivity index (χ1v) is 11.6. The highest BCUT2D eigenvalue weighted by atomic mass is 19.1. The number of carbonyl (C=O) groups is 3. The number of likely N-dealkylation sites (tertiary alicyclic amines) is 1. The Labute approximate surface area is 205 Å². The van der Waals surface area contributed by atoms with Crippen molar-refractivity contribution in [1.29, 1.82) is 0 Å². The third kappa shape index (κ3) is 3.12. The minimum atomic E-state index is -1.44. The molecule has 6 rings (SSSR count). The van der Waals surface area contributed by atoms with Crippen molar-refractivity contribution >= 4 is 23.4 Å². The van der Waals surface area contributed by atoms with E-state index < -0.39 is 47.0 Å². The summed E-state index contributed by atoms with van der Waals surface area (Å²) in [7, 11) is 0. The zero-order valence-electron chi connectivity index (χ0n) is 18.9. The number of hydrogen-bond acceptors (Lipinski definition) is 6. The molecular weight excluding hydrogens is 465 g/mol. The Morgan fingerprint density at radius 2 is 1.61 bits per heavy atom. The number of benzene rings is 3. The van der Waals surface area contributed by atoms with E-state index in [0.717, 1.165) is 4.90 Å². The molecule has 0 aromatic heterocycles. The van der Waals surface area contributed by atoms with Crippen LogP contribution in [0.1, 0.15) is 16.7 Å². The molecule has 3 aliphatic rings. The maximum atomic E-state index is 13.8. The third-order valence-electron chi connectivity index (χ3n) is 7.46. The van der Waals surface area contributed by atoms with Crippen LogP contribution in [-0.4, -0.2) is 38.9 Å². The summed E-state index contributed by atoms with van der Waals surface area (Å²) >= 11 is 0. The van der Waals surface area contributed by atoms with E-state index in [1.165, 1.54) is 36.4 Å². The fourth-order valence-corrected chi connectivity index (χ4v) is 5.87. The lowest BCUT2D eigenvalue weighted by Gasteiger charge is -2.29. The number of phenols is 2. The molecular formula is C27H22FN3O5. The predicted octanol–water partition coefficient (Wildman–Crippen LogP) is 2.40. The smallest absolute Gasteiger partial charge is 0.250 e. The molecule has 0 aliphatic carbocycles. The zero-order chi connectivity index (χ0) is 25.2. The van der Waals surface area contributed by atoms with Crippen molar-refractivity contribution in [2.24, 2.45) is 11.8 Å². The number of carbonyl (C=O) groups excluding carboxylic acids is 3. The standard InChI is InChI=1S/C27H22FN3O5/c28-16-8-5-14(6-9-16)13-31-24(34)22-19(11-15-7-10-20(32)21(33)12-15)30-27(23(22)25(31)35)17-3-1-2-4-18(17)29-26(27)36/h1-10,12,19,22-23,30,32-33H,11,13H2,(H,29,36). The molecule has 4 atom stereocenters. The Balaban J connectivity index is 1.43. The molecule has 2 saturated heterocycles. The lowest BCUT2D eigenvalue weighted by molar-refractivity contribution is -0.143. The van der Waals surface area contributed by atoms with Gasteiger partial charge in [-0.3, -0.25) is 24.6 Å². The third-order valence-corrected chi connectivity index (χ3v) is 7.46. The molecule has 3 heterocycles. The van der Waals surface area contributed by atoms with Gasteiger partial charge in [0.2, 0.25) is 17.7 Å². The first-order valence-electron chi connectivity index (χ1n) is 11.6. The number of aromatic hydroxyl groups is 2. The summed E-state index contributed by atoms with van der Waals surface area (Å²) in [4.78, 5) is 42.2. The van der Waals surface area contributed by atoms with Crippen LogP contribution in [0.3, 0.4) is 0 Å². The van der Waals surface area contributed by atoms with E-state index in [9.17, 15) is 29.0 Å². The Kier molecular flexibility index (Phi) is 4.87. The highest BCUT2D eigenvalue weighted by Crippen LogP contribution is 2.53. The fourth-order valence-electron chi connectivity index (χ4n) is 5.87. The van der Waals surface area contributed by atoms with Crippen LogP contribution < -0.4 is 10.6 Å². The molecule has 3 aromatic rings. The average Bonchev–Trinajstić information content (AvgIpc) is 3.43. The Hall–Kier alpha value is -4.24. The van der Waals surface area contributed by atoms with Crippen LogP contribution in [0.2, 0.25) is 0 Å². The Bertz CT molecular complexity index is 1430. The van der Waals surface area contributed by atoms with Crippen LogP contribution in [0, 0.1) is 17.7 Å². The lowest BCUT2D eigenvalue weighted by Crippen LogP contribution is -2.53. The van der Waals surface area contributed by atoms with Crippen molar-refractivity contribution in [3.63, 3.8) is 0 Å². The van der Waals surface area contributed by atoms with Gasteiger partial charge in [0.1, 0.15) is 11.4 Å². The summed E-state index contributed by atoms with van der Waals surface area (Å²) in [6, 6.07) is 16.4. The van der Waals surface area contributed by atoms with Gasteiger partial charge in [-0.05, 0) is 47.9 Å². The summed E-state index contributed by atoms with van der Waals surface area (Å²) in [5, 5.41) is 25.8. The molecule has 0 radical (unpaired) electrons. The largest absolute Gasteiger partial charge is 0.504 e. The first-order chi connectivity index (χ1) is 17.3. The molecule has 182 valence electrons. The van der Waals surface area contributed by atoms with E-state index >= 15 is 0 Å². The van der Waals surface area contributed by atoms with Gasteiger partial charge in [0, 0.05) is 17.3 Å². The topological polar surface area (TPSA) is 119 Å². The maximum Gasteiger partial charge on any atom is 0.250 e. The zero-order valence-corrected chi connectivity index (χ0v) is 18.9. The van der Waals surface area contributed by atoms with Crippen LogP contribution in [0.5, 0.6) is 11.5 Å². The van der Waals surface area contributed by atoms with E-state index in [-0.39, 0.29) is 24.5 Å². The second-order valence-electron chi connectivity index (χ2n) is 9.48. The number of hydrogen-bond donors (Lipinski definition) is 4. The van der Waals surface area contributed by atoms with Gasteiger partial charge in [-0.2, -0.15) is 0 Å². The van der Waals surface area contributed by atoms with E-state index in [1.54, 1.807) is 30.3 Å². The summed E-state index contributed by atoms with van der Waals surface area (Å²) in [5.74, 6) is -4.10. The molecule has 4 N–H and O–H groups in total. The summed E-state index contributed by atoms with van der Waals surface area (Å²) in [6.07, 6.45) is 0.232. The number of fused-ring (bicyclic) bond motifs is 4. The monoisotopic (exact) mass is 487 g/mol. The molecule has 0 bridgehead atoms. The molecule has 3 amide bonds. The van der Waals surface area contributed by atoms with Crippen LogP contribution in [0.15, 0.2) is 66.7 Å². The Morgan fingerprint density at radius 3 is 2.36 bits per heavy atom. The van der Waals surface area contributed by atoms with Gasteiger partial charge >= 0.3 is 0 Å². The highest BCUT2D eigenvalue weighted by Gasteiger charge is 2.70. The van der Waals surface area contributed by atoms with Crippen LogP contribution in [0.25, 0.3) is 0 Å². The van der Waals surface area contributed by atoms with Gasteiger partial charge in [0.05, 0.1) is 18.4 Å². The maximum absolute atomic E-state index is 13.8. The van der Waals surface area contributed by atoms with Crippen LogP contribution >= 0.6 is 0 Å². The van der Waals surface area contributed by atoms with Gasteiger partial charge in [0.15, 0.2) is 11.5 Å². The molecule has 3 aromatic carbocycles. The molecule has 4 unspecified atom stereocenters. The van der Waals surface area contributed by atoms with E-state index in [2.05, 4.69) is 10.6 Å². The Morgan fingerprint density at radius 1 is 0.889 bits per heavy atom. The van der Waals surface area contributed by atoms with Crippen molar-refractivity contribution in [2.45, 2.75) is 24.5 Å². The lowest BCUT2D eigenvalue weighted by atomic mass is 9.76. The number of anilines is 1. The summed E-state index contributed by atoms with van der Waals surface area (Å²) in [5.41, 5.74) is 0.966. The quantitative estimate of drug-likeness (QED) is 0.332. The van der Waals surface area contributed by atoms with Crippen LogP contribution in [0.4, 0.5) is 10.1 Å². The van der Waals surface area contributed by atoms with Gasteiger partial charge < -0.3 is 15.5 Å². The van der Waals surface area contributed by atoms with Gasteiger partial charge in [-0.25, -0.2) is 4.39 Å². The van der Waals surface area contributed by atoms with E-state index in [1.807, 2.05) is 0 Å². The second kappa shape index (κ2) is 7.89. The SMILES string of the molecule is O=C1C2C(Cc3ccc(O)c(O)c3)NC3(C(=O)Nc4ccccc43)C2C(=O)N1Cc1ccc(F)cc1. The fraction of sp³-hybridized carbons (Fsp3) is 0.222. The summed E-state index contributed by atoms with van der Waals surface area (Å²) in [6.45, 7) is -0.0307. The number of amides is 3. The number of nitrogens with zero attached hydrogens (tertiary/aromatic N) is 1.